The molecule has 5 atom stereocenters. The van der Waals surface area contributed by atoms with Crippen molar-refractivity contribution in [1.29, 1.82) is 0 Å². The van der Waals surface area contributed by atoms with Gasteiger partial charge in [-0.2, -0.15) is 0 Å². The molecule has 2 fully saturated rings. The van der Waals surface area contributed by atoms with Crippen LogP contribution in [0.15, 0.2) is 23.3 Å². The summed E-state index contributed by atoms with van der Waals surface area (Å²) in [6, 6.07) is 0. The van der Waals surface area contributed by atoms with Crippen molar-refractivity contribution in [3.63, 3.8) is 0 Å². The monoisotopic (exact) mass is 300 g/mol. The number of hydrogen-bond donors (Lipinski definition) is 1. The maximum atomic E-state index is 9.41. The van der Waals surface area contributed by atoms with Gasteiger partial charge in [0, 0.05) is 6.61 Å². The van der Waals surface area contributed by atoms with Gasteiger partial charge < -0.3 is 5.11 Å². The first-order valence-electron chi connectivity index (χ1n) is 9.59. The molecule has 1 N–H and O–H groups in total. The molecule has 4 aliphatic rings. The number of aliphatic hydroxyl groups excluding tert-OH is 1. The summed E-state index contributed by atoms with van der Waals surface area (Å²) in [6.45, 7) is 5.43. The molecule has 0 radical (unpaired) electrons. The van der Waals surface area contributed by atoms with Gasteiger partial charge in [-0.3, -0.25) is 0 Å². The van der Waals surface area contributed by atoms with Crippen molar-refractivity contribution in [3.05, 3.63) is 23.3 Å². The Hall–Kier alpha value is -0.560. The van der Waals surface area contributed by atoms with Crippen LogP contribution >= 0.6 is 0 Å². The highest BCUT2D eigenvalue weighted by Gasteiger charge is 2.56. The molecule has 1 nitrogen and oxygen atoms in total. The fourth-order valence-electron chi connectivity index (χ4n) is 6.92. The zero-order valence-electron chi connectivity index (χ0n) is 14.4. The molecule has 1 heteroatoms. The molecule has 0 aromatic carbocycles. The summed E-state index contributed by atoms with van der Waals surface area (Å²) >= 11 is 0. The Kier molecular flexibility index (Phi) is 3.56. The quantitative estimate of drug-likeness (QED) is 0.690. The van der Waals surface area contributed by atoms with E-state index in [0.29, 0.717) is 17.4 Å². The molecular formula is C21H32O. The lowest BCUT2D eigenvalue weighted by atomic mass is 9.47. The van der Waals surface area contributed by atoms with Gasteiger partial charge in [-0.05, 0) is 86.4 Å². The van der Waals surface area contributed by atoms with Crippen molar-refractivity contribution in [3.8, 4) is 0 Å². The number of hydrogen-bond acceptors (Lipinski definition) is 1. The Bertz CT molecular complexity index is 516. The fraction of sp³-hybridized carbons (Fsp3) is 0.810. The van der Waals surface area contributed by atoms with E-state index in [4.69, 9.17) is 0 Å². The van der Waals surface area contributed by atoms with Crippen molar-refractivity contribution in [2.24, 2.45) is 28.6 Å². The van der Waals surface area contributed by atoms with E-state index in [-0.39, 0.29) is 0 Å². The molecule has 0 amide bonds. The molecule has 2 saturated carbocycles. The zero-order chi connectivity index (χ0) is 15.4. The van der Waals surface area contributed by atoms with Gasteiger partial charge in [0.15, 0.2) is 0 Å². The lowest BCUT2D eigenvalue weighted by Gasteiger charge is -2.58. The molecule has 0 heterocycles. The van der Waals surface area contributed by atoms with Crippen LogP contribution in [-0.4, -0.2) is 11.7 Å². The molecule has 0 aromatic rings. The maximum absolute atomic E-state index is 9.41. The van der Waals surface area contributed by atoms with Gasteiger partial charge in [-0.15, -0.1) is 0 Å². The minimum atomic E-state index is 0.326. The standard InChI is InChI=1S/C21H32O/c1-20-12-4-3-5-15(20)6-8-17-18-9-7-16(11-14-22)21(18,2)13-10-19(17)20/h5,7,17-19,22H,3-4,6,8-14H2,1-2H3/t17-,18-,19-,20-,21+/m0/s1. The van der Waals surface area contributed by atoms with Crippen LogP contribution < -0.4 is 0 Å². The molecule has 0 aromatic heterocycles. The van der Waals surface area contributed by atoms with Crippen LogP contribution in [0.25, 0.3) is 0 Å². The highest BCUT2D eigenvalue weighted by Crippen LogP contribution is 2.65. The van der Waals surface area contributed by atoms with Crippen LogP contribution in [0.5, 0.6) is 0 Å². The third-order valence-electron chi connectivity index (χ3n) is 8.15. The average Bonchev–Trinajstić information content (AvgIpc) is 2.84. The van der Waals surface area contributed by atoms with E-state index in [1.54, 1.807) is 5.57 Å². The first kappa shape index (κ1) is 15.0. The highest BCUT2D eigenvalue weighted by atomic mass is 16.3. The Morgan fingerprint density at radius 3 is 2.77 bits per heavy atom. The average molecular weight is 300 g/mol. The van der Waals surface area contributed by atoms with E-state index in [1.165, 1.54) is 51.4 Å². The van der Waals surface area contributed by atoms with Gasteiger partial charge in [0.2, 0.25) is 0 Å². The highest BCUT2D eigenvalue weighted by molar-refractivity contribution is 5.29. The Morgan fingerprint density at radius 1 is 1.09 bits per heavy atom. The number of allylic oxidation sites excluding steroid dienone is 3. The molecule has 22 heavy (non-hydrogen) atoms. The predicted octanol–water partition coefficient (Wildman–Crippen LogP) is 5.26. The summed E-state index contributed by atoms with van der Waals surface area (Å²) in [4.78, 5) is 0. The van der Waals surface area contributed by atoms with E-state index in [0.717, 1.165) is 24.2 Å². The van der Waals surface area contributed by atoms with Crippen LogP contribution in [-0.2, 0) is 0 Å². The third kappa shape index (κ3) is 1.94. The number of rotatable bonds is 2. The number of fused-ring (bicyclic) bond motifs is 5. The van der Waals surface area contributed by atoms with Crippen LogP contribution in [0.3, 0.4) is 0 Å². The lowest BCUT2D eigenvalue weighted by molar-refractivity contribution is -0.0297. The summed E-state index contributed by atoms with van der Waals surface area (Å²) in [7, 11) is 0. The van der Waals surface area contributed by atoms with E-state index >= 15 is 0 Å². The van der Waals surface area contributed by atoms with E-state index < -0.39 is 0 Å². The van der Waals surface area contributed by atoms with Crippen LogP contribution in [0.2, 0.25) is 0 Å². The molecule has 0 bridgehead atoms. The SMILES string of the molecule is C[C@]12CCCC=C1CC[C@@H]1[C@@H]2CC[C@]2(C)C(CCO)=CC[C@@H]12. The minimum Gasteiger partial charge on any atom is -0.396 e. The van der Waals surface area contributed by atoms with Crippen molar-refractivity contribution in [2.45, 2.75) is 71.6 Å². The number of aliphatic hydroxyl groups is 1. The van der Waals surface area contributed by atoms with Gasteiger partial charge >= 0.3 is 0 Å². The summed E-state index contributed by atoms with van der Waals surface area (Å²) in [5.74, 6) is 2.70. The predicted molar refractivity (Wildman–Crippen MR) is 91.5 cm³/mol. The Morgan fingerprint density at radius 2 is 1.95 bits per heavy atom. The molecule has 4 rings (SSSR count). The van der Waals surface area contributed by atoms with Crippen LogP contribution in [0.4, 0.5) is 0 Å². The molecule has 0 aliphatic heterocycles. The van der Waals surface area contributed by atoms with Crippen molar-refractivity contribution in [1.82, 2.24) is 0 Å². The minimum absolute atomic E-state index is 0.326. The Balaban J connectivity index is 1.63. The van der Waals surface area contributed by atoms with E-state index in [1.807, 2.05) is 5.57 Å². The zero-order valence-corrected chi connectivity index (χ0v) is 14.4. The van der Waals surface area contributed by atoms with Gasteiger partial charge in [-0.1, -0.05) is 37.1 Å². The second kappa shape index (κ2) is 5.23. The first-order valence-corrected chi connectivity index (χ1v) is 9.59. The second-order valence-electron chi connectivity index (χ2n) is 8.85. The molecular weight excluding hydrogens is 268 g/mol. The molecule has 4 aliphatic carbocycles. The van der Waals surface area contributed by atoms with Gasteiger partial charge in [-0.25, -0.2) is 0 Å². The smallest absolute Gasteiger partial charge is 0.0468 e. The van der Waals surface area contributed by atoms with Crippen molar-refractivity contribution < 1.29 is 5.11 Å². The summed E-state index contributed by atoms with van der Waals surface area (Å²) < 4.78 is 0. The van der Waals surface area contributed by atoms with E-state index in [9.17, 15) is 5.11 Å². The van der Waals surface area contributed by atoms with Crippen molar-refractivity contribution >= 4 is 0 Å². The normalized spacial score (nSPS) is 47.1. The largest absolute Gasteiger partial charge is 0.396 e. The topological polar surface area (TPSA) is 20.2 Å². The molecule has 0 unspecified atom stereocenters. The summed E-state index contributed by atoms with van der Waals surface area (Å²) in [5.41, 5.74) is 4.30. The molecule has 122 valence electrons. The van der Waals surface area contributed by atoms with Gasteiger partial charge in [0.05, 0.1) is 0 Å². The first-order chi connectivity index (χ1) is 10.6. The Labute approximate surface area is 135 Å². The van der Waals surface area contributed by atoms with Crippen LogP contribution in [0.1, 0.15) is 71.6 Å². The lowest BCUT2D eigenvalue weighted by Crippen LogP contribution is -2.49. The van der Waals surface area contributed by atoms with E-state index in [2.05, 4.69) is 26.0 Å². The molecule has 0 saturated heterocycles. The van der Waals surface area contributed by atoms with Gasteiger partial charge in [0.25, 0.3) is 0 Å². The van der Waals surface area contributed by atoms with Crippen molar-refractivity contribution in [2.75, 3.05) is 6.61 Å². The molecule has 0 spiro atoms. The second-order valence-corrected chi connectivity index (χ2v) is 8.85. The maximum Gasteiger partial charge on any atom is 0.0468 e. The third-order valence-corrected chi connectivity index (χ3v) is 8.15. The van der Waals surface area contributed by atoms with Gasteiger partial charge in [0.1, 0.15) is 0 Å². The fourth-order valence-corrected chi connectivity index (χ4v) is 6.92. The van der Waals surface area contributed by atoms with Crippen LogP contribution in [0, 0.1) is 28.6 Å². The summed E-state index contributed by atoms with van der Waals surface area (Å²) in [5, 5.41) is 9.41. The summed E-state index contributed by atoms with van der Waals surface area (Å²) in [6.07, 6.45) is 17.0.